The first kappa shape index (κ1) is 45.6. The smallest absolute Gasteiger partial charge is 0.803 e. The Labute approximate surface area is 302 Å². The maximum absolute atomic E-state index is 11.7. The van der Waals surface area contributed by atoms with Crippen molar-refractivity contribution in [1.82, 2.24) is 29.1 Å². The zero-order chi connectivity index (χ0) is 36.9. The van der Waals surface area contributed by atoms with Crippen molar-refractivity contribution < 1.29 is 17.1 Å². The Kier molecular flexibility index (Phi) is 20.1. The van der Waals surface area contributed by atoms with Gasteiger partial charge in [-0.1, -0.05) is 83.1 Å². The van der Waals surface area contributed by atoms with Crippen LogP contribution in [-0.4, -0.2) is 29.1 Å². The van der Waals surface area contributed by atoms with Crippen LogP contribution in [0.3, 0.4) is 0 Å². The van der Waals surface area contributed by atoms with Crippen molar-refractivity contribution in [1.29, 1.82) is 0 Å². The largest absolute Gasteiger partial charge is 3.00 e. The summed E-state index contributed by atoms with van der Waals surface area (Å²) in [4.78, 5) is 47.5. The predicted molar refractivity (Wildman–Crippen MR) is 194 cm³/mol. The van der Waals surface area contributed by atoms with E-state index in [0.717, 1.165) is 19.3 Å². The van der Waals surface area contributed by atoms with Crippen LogP contribution in [0.4, 0.5) is 0 Å². The van der Waals surface area contributed by atoms with Crippen molar-refractivity contribution in [3.63, 3.8) is 0 Å². The SMILES string of the molecule is CCC(C)c1cnc(CC(C)C)c(=O)n1[O-].CCC(C)c1cnc(CC(C)C)c(=O)n1[O-].CCC(C)c1cnc(CC(C)C)c(=O)n1[O-].[Fe+3]. The molecule has 0 fully saturated rings. The molecular weight excluding hydrogens is 668 g/mol. The number of rotatable bonds is 12. The van der Waals surface area contributed by atoms with Gasteiger partial charge in [0, 0.05) is 35.7 Å². The summed E-state index contributed by atoms with van der Waals surface area (Å²) in [5.74, 6) is 1.21. The fraction of sp³-hybridized carbons (Fsp3) is 0.667. The summed E-state index contributed by atoms with van der Waals surface area (Å²) in [6.07, 6.45) is 8.78. The van der Waals surface area contributed by atoms with Crippen LogP contribution in [-0.2, 0) is 36.3 Å². The molecule has 0 N–H and O–H groups in total. The minimum atomic E-state index is -0.494. The van der Waals surface area contributed by atoms with Gasteiger partial charge < -0.3 is 29.8 Å². The molecule has 0 bridgehead atoms. The van der Waals surface area contributed by atoms with Crippen molar-refractivity contribution in [3.05, 3.63) is 99.4 Å². The third-order valence-corrected chi connectivity index (χ3v) is 8.21. The molecule has 13 heteroatoms. The average molecular weight is 726 g/mol. The molecule has 0 aliphatic heterocycles. The van der Waals surface area contributed by atoms with Gasteiger partial charge >= 0.3 is 17.1 Å². The summed E-state index contributed by atoms with van der Waals surface area (Å²) in [6, 6.07) is 0. The minimum absolute atomic E-state index is 0. The molecule has 0 saturated carbocycles. The normalized spacial score (nSPS) is 12.8. The summed E-state index contributed by atoms with van der Waals surface area (Å²) >= 11 is 0. The predicted octanol–water partition coefficient (Wildman–Crippen LogP) is 6.90. The number of aromatic nitrogens is 6. The summed E-state index contributed by atoms with van der Waals surface area (Å²) in [7, 11) is 0. The Hall–Kier alpha value is -3.44. The molecule has 12 nitrogen and oxygen atoms in total. The van der Waals surface area contributed by atoms with Crippen LogP contribution in [0.15, 0.2) is 33.0 Å². The first-order valence-corrected chi connectivity index (χ1v) is 17.3. The van der Waals surface area contributed by atoms with Gasteiger partial charge in [0.25, 0.3) is 16.7 Å². The van der Waals surface area contributed by atoms with E-state index >= 15 is 0 Å². The molecule has 0 aliphatic carbocycles. The van der Waals surface area contributed by atoms with Crippen molar-refractivity contribution in [2.24, 2.45) is 17.8 Å². The Bertz CT molecular complexity index is 1430. The van der Waals surface area contributed by atoms with E-state index in [0.29, 0.717) is 85.4 Å². The summed E-state index contributed by atoms with van der Waals surface area (Å²) in [5.41, 5.74) is 1.05. The third-order valence-electron chi connectivity index (χ3n) is 8.21. The molecule has 3 atom stereocenters. The molecule has 49 heavy (non-hydrogen) atoms. The van der Waals surface area contributed by atoms with Gasteiger partial charge in [0.15, 0.2) is 0 Å². The number of hydrogen-bond acceptors (Lipinski definition) is 9. The monoisotopic (exact) mass is 725 g/mol. The van der Waals surface area contributed by atoms with Gasteiger partial charge in [-0.3, -0.25) is 29.3 Å². The zero-order valence-electron chi connectivity index (χ0n) is 31.4. The molecule has 0 aromatic carbocycles. The van der Waals surface area contributed by atoms with Gasteiger partial charge in [-0.05, 0) is 74.0 Å². The molecule has 275 valence electrons. The van der Waals surface area contributed by atoms with E-state index in [-0.39, 0.29) is 34.8 Å². The van der Waals surface area contributed by atoms with Crippen LogP contribution in [0.5, 0.6) is 0 Å². The Morgan fingerprint density at radius 3 is 0.857 bits per heavy atom. The molecule has 3 unspecified atom stereocenters. The van der Waals surface area contributed by atoms with Gasteiger partial charge in [-0.25, -0.2) is 0 Å². The zero-order valence-corrected chi connectivity index (χ0v) is 32.5. The van der Waals surface area contributed by atoms with E-state index < -0.39 is 16.7 Å². The van der Waals surface area contributed by atoms with Crippen LogP contribution in [0, 0.1) is 33.4 Å². The van der Waals surface area contributed by atoms with E-state index in [1.54, 1.807) is 18.6 Å². The average Bonchev–Trinajstić information content (AvgIpc) is 3.03. The molecular formula is C36H57FeN6O6. The Morgan fingerprint density at radius 2 is 0.694 bits per heavy atom. The molecule has 0 amide bonds. The Morgan fingerprint density at radius 1 is 0.490 bits per heavy atom. The van der Waals surface area contributed by atoms with Crippen LogP contribution in [0.25, 0.3) is 0 Å². The molecule has 1 radical (unpaired) electrons. The minimum Gasteiger partial charge on any atom is -0.803 e. The van der Waals surface area contributed by atoms with Crippen LogP contribution >= 0.6 is 0 Å². The topological polar surface area (TPSA) is 174 Å². The van der Waals surface area contributed by atoms with Crippen molar-refractivity contribution in [2.75, 3.05) is 0 Å². The van der Waals surface area contributed by atoms with Crippen LogP contribution in [0.1, 0.15) is 154 Å². The van der Waals surface area contributed by atoms with E-state index in [4.69, 9.17) is 0 Å². The first-order chi connectivity index (χ1) is 22.4. The molecule has 3 rings (SSSR count). The van der Waals surface area contributed by atoms with Crippen molar-refractivity contribution >= 4 is 0 Å². The molecule has 3 aromatic rings. The van der Waals surface area contributed by atoms with E-state index in [1.807, 2.05) is 83.1 Å². The van der Waals surface area contributed by atoms with Gasteiger partial charge in [0.2, 0.25) is 0 Å². The second-order valence-electron chi connectivity index (χ2n) is 13.9. The van der Waals surface area contributed by atoms with E-state index in [2.05, 4.69) is 15.0 Å². The molecule has 0 spiro atoms. The molecule has 3 aromatic heterocycles. The van der Waals surface area contributed by atoms with Gasteiger partial charge in [-0.15, -0.1) is 0 Å². The summed E-state index contributed by atoms with van der Waals surface area (Å²) < 4.78 is 1.50. The second-order valence-corrected chi connectivity index (χ2v) is 13.9. The van der Waals surface area contributed by atoms with Gasteiger partial charge in [0.05, 0.1) is 0 Å². The van der Waals surface area contributed by atoms with E-state index in [1.165, 1.54) is 0 Å². The number of hydrogen-bond donors (Lipinski definition) is 0. The molecule has 3 heterocycles. The quantitative estimate of drug-likeness (QED) is 0.180. The fourth-order valence-electron chi connectivity index (χ4n) is 4.65. The van der Waals surface area contributed by atoms with Crippen LogP contribution in [0.2, 0.25) is 0 Å². The second kappa shape index (κ2) is 21.6. The Balaban J connectivity index is 0.000000698. The third kappa shape index (κ3) is 13.4. The standard InChI is InChI=1S/3C12H19N2O2.Fe/c3*1-5-9(4)11-7-13-10(6-8(2)3)12(15)14(11)16;/h3*7-9H,5-6H2,1-4H3;/q3*-1;+3. The van der Waals surface area contributed by atoms with Crippen LogP contribution < -0.4 is 16.7 Å². The van der Waals surface area contributed by atoms with Crippen molar-refractivity contribution in [3.8, 4) is 0 Å². The van der Waals surface area contributed by atoms with Crippen molar-refractivity contribution in [2.45, 2.75) is 139 Å². The maximum Gasteiger partial charge on any atom is 3.00 e. The summed E-state index contributed by atoms with van der Waals surface area (Å²) in [6.45, 7) is 23.7. The molecule has 0 aliphatic rings. The summed E-state index contributed by atoms with van der Waals surface area (Å²) in [5, 5.41) is 35.2. The maximum atomic E-state index is 11.7. The van der Waals surface area contributed by atoms with Gasteiger partial charge in [-0.2, -0.15) is 0 Å². The number of nitrogens with zero attached hydrogens (tertiary/aromatic N) is 6. The van der Waals surface area contributed by atoms with Gasteiger partial charge in [0.1, 0.15) is 17.1 Å². The fourth-order valence-corrected chi connectivity index (χ4v) is 4.65. The first-order valence-electron chi connectivity index (χ1n) is 17.3. The molecule has 0 saturated heterocycles. The van der Waals surface area contributed by atoms with E-state index in [9.17, 15) is 30.0 Å².